The summed E-state index contributed by atoms with van der Waals surface area (Å²) in [6.07, 6.45) is 2.59. The van der Waals surface area contributed by atoms with E-state index in [1.54, 1.807) is 6.33 Å². The van der Waals surface area contributed by atoms with E-state index in [2.05, 4.69) is 63.3 Å². The van der Waals surface area contributed by atoms with Gasteiger partial charge in [0.15, 0.2) is 0 Å². The van der Waals surface area contributed by atoms with Crippen molar-refractivity contribution in [3.05, 3.63) is 47.4 Å². The van der Waals surface area contributed by atoms with Gasteiger partial charge in [0, 0.05) is 26.2 Å². The fourth-order valence-corrected chi connectivity index (χ4v) is 3.52. The zero-order valence-electron chi connectivity index (χ0n) is 14.2. The third-order valence-electron chi connectivity index (χ3n) is 4.89. The van der Waals surface area contributed by atoms with Gasteiger partial charge in [-0.15, -0.1) is 0 Å². The Labute approximate surface area is 141 Å². The van der Waals surface area contributed by atoms with Crippen LogP contribution in [0.15, 0.2) is 35.1 Å². The Morgan fingerprint density at radius 1 is 1.25 bits per heavy atom. The normalized spacial score (nSPS) is 17.9. The van der Waals surface area contributed by atoms with Gasteiger partial charge in [0.05, 0.1) is 5.69 Å². The molecular formula is C18H21N5O. The van der Waals surface area contributed by atoms with Crippen molar-refractivity contribution in [2.75, 3.05) is 25.5 Å². The fourth-order valence-electron chi connectivity index (χ4n) is 3.52. The number of nitrogens with zero attached hydrogens (tertiary/aromatic N) is 5. The summed E-state index contributed by atoms with van der Waals surface area (Å²) in [6.45, 7) is 3.80. The number of aromatic nitrogens is 3. The lowest BCUT2D eigenvalue weighted by molar-refractivity contribution is 0.219. The molecule has 0 saturated heterocycles. The molecule has 3 heterocycles. The van der Waals surface area contributed by atoms with Crippen molar-refractivity contribution < 1.29 is 4.52 Å². The summed E-state index contributed by atoms with van der Waals surface area (Å²) in [5.74, 6) is 0.881. The Morgan fingerprint density at radius 2 is 2.04 bits per heavy atom. The molecule has 1 aliphatic rings. The Morgan fingerprint density at radius 3 is 2.88 bits per heavy atom. The molecule has 0 bridgehead atoms. The average Bonchev–Trinajstić information content (AvgIpc) is 2.97. The second kappa shape index (κ2) is 5.87. The van der Waals surface area contributed by atoms with E-state index in [9.17, 15) is 0 Å². The van der Waals surface area contributed by atoms with Crippen LogP contribution in [0.1, 0.15) is 16.8 Å². The van der Waals surface area contributed by atoms with Crippen molar-refractivity contribution in [3.8, 4) is 0 Å². The van der Waals surface area contributed by atoms with Gasteiger partial charge < -0.3 is 9.42 Å². The number of hydrogen-bond acceptors (Lipinski definition) is 6. The van der Waals surface area contributed by atoms with Crippen molar-refractivity contribution in [1.82, 2.24) is 20.0 Å². The summed E-state index contributed by atoms with van der Waals surface area (Å²) in [6, 6.07) is 9.14. The Kier molecular flexibility index (Phi) is 3.69. The molecule has 4 rings (SSSR count). The highest BCUT2D eigenvalue weighted by Crippen LogP contribution is 2.27. The summed E-state index contributed by atoms with van der Waals surface area (Å²) in [5, 5.41) is 4.92. The van der Waals surface area contributed by atoms with Gasteiger partial charge in [0.2, 0.25) is 0 Å². The maximum atomic E-state index is 5.26. The van der Waals surface area contributed by atoms with Gasteiger partial charge in [-0.25, -0.2) is 4.98 Å². The molecule has 6 heteroatoms. The lowest BCUT2D eigenvalue weighted by atomic mass is 9.94. The van der Waals surface area contributed by atoms with Crippen molar-refractivity contribution in [3.63, 3.8) is 0 Å². The highest BCUT2D eigenvalue weighted by atomic mass is 16.5. The molecule has 124 valence electrons. The van der Waals surface area contributed by atoms with Crippen molar-refractivity contribution in [1.29, 1.82) is 0 Å². The van der Waals surface area contributed by atoms with E-state index in [4.69, 9.17) is 4.52 Å². The summed E-state index contributed by atoms with van der Waals surface area (Å²) >= 11 is 0. The van der Waals surface area contributed by atoms with Crippen LogP contribution in [-0.4, -0.2) is 46.7 Å². The highest BCUT2D eigenvalue weighted by molar-refractivity contribution is 5.87. The van der Waals surface area contributed by atoms with Gasteiger partial charge in [-0.1, -0.05) is 29.4 Å². The molecule has 24 heavy (non-hydrogen) atoms. The zero-order chi connectivity index (χ0) is 16.7. The summed E-state index contributed by atoms with van der Waals surface area (Å²) < 4.78 is 5.26. The molecular weight excluding hydrogens is 302 g/mol. The van der Waals surface area contributed by atoms with Gasteiger partial charge in [0.25, 0.3) is 5.71 Å². The van der Waals surface area contributed by atoms with Crippen LogP contribution in [-0.2, 0) is 13.0 Å². The molecule has 1 aliphatic heterocycles. The first kappa shape index (κ1) is 15.1. The molecule has 0 aliphatic carbocycles. The monoisotopic (exact) mass is 323 g/mol. The predicted molar refractivity (Wildman–Crippen MR) is 93.0 cm³/mol. The summed E-state index contributed by atoms with van der Waals surface area (Å²) in [4.78, 5) is 13.2. The van der Waals surface area contributed by atoms with Crippen LogP contribution in [0.3, 0.4) is 0 Å². The molecule has 6 nitrogen and oxygen atoms in total. The maximum Gasteiger partial charge on any atom is 0.263 e. The topological polar surface area (TPSA) is 58.3 Å². The van der Waals surface area contributed by atoms with Crippen LogP contribution < -0.4 is 4.90 Å². The molecule has 0 amide bonds. The summed E-state index contributed by atoms with van der Waals surface area (Å²) in [5.41, 5.74) is 4.25. The molecule has 1 atom stereocenters. The van der Waals surface area contributed by atoms with Crippen LogP contribution in [0.4, 0.5) is 5.82 Å². The first-order valence-corrected chi connectivity index (χ1v) is 8.18. The molecule has 2 aromatic heterocycles. The SMILES string of the molecule is Cc1noc2ncnc(N(C)CC3Cc4ccccc4CN3C)c12. The number of fused-ring (bicyclic) bond motifs is 2. The second-order valence-corrected chi connectivity index (χ2v) is 6.57. The lowest BCUT2D eigenvalue weighted by Gasteiger charge is -2.36. The van der Waals surface area contributed by atoms with Gasteiger partial charge in [-0.2, -0.15) is 4.98 Å². The molecule has 0 N–H and O–H groups in total. The van der Waals surface area contributed by atoms with Crippen LogP contribution in [0, 0.1) is 6.92 Å². The zero-order valence-corrected chi connectivity index (χ0v) is 14.2. The van der Waals surface area contributed by atoms with Gasteiger partial charge in [-0.3, -0.25) is 4.90 Å². The van der Waals surface area contributed by atoms with Crippen molar-refractivity contribution in [2.24, 2.45) is 0 Å². The molecule has 0 radical (unpaired) electrons. The van der Waals surface area contributed by atoms with E-state index in [1.165, 1.54) is 11.1 Å². The number of rotatable bonds is 3. The van der Waals surface area contributed by atoms with Crippen LogP contribution in [0.5, 0.6) is 0 Å². The third-order valence-corrected chi connectivity index (χ3v) is 4.89. The largest absolute Gasteiger partial charge is 0.357 e. The van der Waals surface area contributed by atoms with Gasteiger partial charge in [-0.05, 0) is 31.5 Å². The van der Waals surface area contributed by atoms with Gasteiger partial charge in [0.1, 0.15) is 17.5 Å². The Bertz CT molecular complexity index is 875. The minimum absolute atomic E-state index is 0.440. The minimum atomic E-state index is 0.440. The third kappa shape index (κ3) is 2.53. The van der Waals surface area contributed by atoms with Crippen molar-refractivity contribution >= 4 is 16.9 Å². The molecule has 0 spiro atoms. The summed E-state index contributed by atoms with van der Waals surface area (Å²) in [7, 11) is 4.26. The molecule has 3 aromatic rings. The lowest BCUT2D eigenvalue weighted by Crippen LogP contribution is -2.45. The molecule has 0 fully saturated rings. The number of benzene rings is 1. The van der Waals surface area contributed by atoms with E-state index in [-0.39, 0.29) is 0 Å². The van der Waals surface area contributed by atoms with E-state index < -0.39 is 0 Å². The molecule has 1 aromatic carbocycles. The van der Waals surface area contributed by atoms with E-state index >= 15 is 0 Å². The van der Waals surface area contributed by atoms with Crippen LogP contribution in [0.25, 0.3) is 11.1 Å². The smallest absolute Gasteiger partial charge is 0.263 e. The fraction of sp³-hybridized carbons (Fsp3) is 0.389. The first-order valence-electron chi connectivity index (χ1n) is 8.18. The predicted octanol–water partition coefficient (Wildman–Crippen LogP) is 2.42. The van der Waals surface area contributed by atoms with Gasteiger partial charge >= 0.3 is 0 Å². The van der Waals surface area contributed by atoms with Crippen molar-refractivity contribution in [2.45, 2.75) is 25.9 Å². The molecule has 1 unspecified atom stereocenters. The maximum absolute atomic E-state index is 5.26. The molecule has 0 saturated carbocycles. The highest BCUT2D eigenvalue weighted by Gasteiger charge is 2.25. The standard InChI is InChI=1S/C18H21N5O/c1-12-16-17(19-11-20-18(16)24-21-12)23(3)10-15-8-13-6-4-5-7-14(13)9-22(15)2/h4-7,11,15H,8-10H2,1-3H3. The quantitative estimate of drug-likeness (QED) is 0.738. The second-order valence-electron chi connectivity index (χ2n) is 6.57. The minimum Gasteiger partial charge on any atom is -0.357 e. The number of aryl methyl sites for hydroxylation is 1. The Balaban J connectivity index is 1.60. The van der Waals surface area contributed by atoms with E-state index in [1.807, 2.05) is 6.92 Å². The van der Waals surface area contributed by atoms with Crippen LogP contribution in [0.2, 0.25) is 0 Å². The number of likely N-dealkylation sites (N-methyl/N-ethyl adjacent to an activating group) is 2. The first-order chi connectivity index (χ1) is 11.6. The van der Waals surface area contributed by atoms with E-state index in [0.29, 0.717) is 11.8 Å². The van der Waals surface area contributed by atoms with Crippen LogP contribution >= 0.6 is 0 Å². The number of anilines is 1. The Hall–Kier alpha value is -2.47. The average molecular weight is 323 g/mol. The number of hydrogen-bond donors (Lipinski definition) is 0. The van der Waals surface area contributed by atoms with E-state index in [0.717, 1.165) is 36.4 Å².